The average Bonchev–Trinajstić information content (AvgIpc) is 3.58. The van der Waals surface area contributed by atoms with Crippen LogP contribution in [0, 0.1) is 0 Å². The topological polar surface area (TPSA) is 12.5 Å². The van der Waals surface area contributed by atoms with Crippen molar-refractivity contribution in [3.05, 3.63) is 127 Å². The zero-order valence-corrected chi connectivity index (χ0v) is 22.9. The van der Waals surface area contributed by atoms with Crippen molar-refractivity contribution in [3.63, 3.8) is 0 Å². The normalized spacial score (nSPS) is 12.7. The van der Waals surface area contributed by atoms with E-state index in [2.05, 4.69) is 108 Å². The fourth-order valence-electron chi connectivity index (χ4n) is 6.12. The number of hydrogen-bond donors (Lipinski definition) is 0. The second kappa shape index (κ2) is 8.43. The molecule has 2 aromatic heterocycles. The number of fused-ring (bicyclic) bond motifs is 9. The van der Waals surface area contributed by atoms with Crippen LogP contribution < -0.4 is 9.64 Å². The summed E-state index contributed by atoms with van der Waals surface area (Å²) in [5, 5.41) is 5.41. The number of benzene rings is 6. The maximum absolute atomic E-state index is 6.27. The molecule has 1 aliphatic rings. The van der Waals surface area contributed by atoms with E-state index in [1.807, 2.05) is 46.9 Å². The summed E-state index contributed by atoms with van der Waals surface area (Å²) in [5.74, 6) is 1.73. The van der Waals surface area contributed by atoms with Gasteiger partial charge >= 0.3 is 0 Å². The van der Waals surface area contributed by atoms with Gasteiger partial charge in [0.2, 0.25) is 0 Å². The van der Waals surface area contributed by atoms with E-state index < -0.39 is 0 Å². The van der Waals surface area contributed by atoms with Gasteiger partial charge in [0.1, 0.15) is 0 Å². The highest BCUT2D eigenvalue weighted by molar-refractivity contribution is 7.29. The predicted octanol–water partition coefficient (Wildman–Crippen LogP) is 11.7. The van der Waals surface area contributed by atoms with Gasteiger partial charge in [0.05, 0.1) is 11.4 Å². The lowest BCUT2D eigenvalue weighted by Crippen LogP contribution is -2.15. The molecular weight excluding hydrogens is 527 g/mol. The molecule has 0 bridgehead atoms. The lowest BCUT2D eigenvalue weighted by molar-refractivity contribution is 0.477. The van der Waals surface area contributed by atoms with E-state index in [0.29, 0.717) is 0 Å². The minimum Gasteiger partial charge on any atom is -0.453 e. The Morgan fingerprint density at radius 3 is 2.05 bits per heavy atom. The molecule has 0 radical (unpaired) electrons. The Morgan fingerprint density at radius 1 is 0.500 bits per heavy atom. The number of nitrogens with zero attached hydrogens (tertiary/aromatic N) is 1. The van der Waals surface area contributed by atoms with Crippen LogP contribution >= 0.6 is 22.7 Å². The van der Waals surface area contributed by atoms with Crippen molar-refractivity contribution in [1.29, 1.82) is 0 Å². The van der Waals surface area contributed by atoms with Crippen molar-refractivity contribution >= 4 is 80.1 Å². The zero-order chi connectivity index (χ0) is 26.2. The molecule has 2 nitrogen and oxygen atoms in total. The molecular formula is C36H21NOS2. The Kier molecular flexibility index (Phi) is 4.68. The summed E-state index contributed by atoms with van der Waals surface area (Å²) in [6.45, 7) is 0. The summed E-state index contributed by atoms with van der Waals surface area (Å²) in [6, 6.07) is 45.6. The summed E-state index contributed by atoms with van der Waals surface area (Å²) in [6.07, 6.45) is 0. The molecule has 40 heavy (non-hydrogen) atoms. The van der Waals surface area contributed by atoms with Gasteiger partial charge in [-0.2, -0.15) is 0 Å². The van der Waals surface area contributed by atoms with Gasteiger partial charge in [0.15, 0.2) is 11.5 Å². The molecule has 0 saturated carbocycles. The first kappa shape index (κ1) is 22.2. The highest BCUT2D eigenvalue weighted by Crippen LogP contribution is 2.51. The van der Waals surface area contributed by atoms with E-state index >= 15 is 0 Å². The number of hydrogen-bond acceptors (Lipinski definition) is 4. The van der Waals surface area contributed by atoms with E-state index in [0.717, 1.165) is 28.6 Å². The average molecular weight is 548 g/mol. The molecule has 8 aromatic rings. The van der Waals surface area contributed by atoms with Crippen LogP contribution in [-0.4, -0.2) is 0 Å². The minimum atomic E-state index is 0.865. The van der Waals surface area contributed by atoms with Crippen LogP contribution in [0.4, 0.5) is 17.1 Å². The van der Waals surface area contributed by atoms with E-state index in [1.54, 1.807) is 0 Å². The standard InChI is InChI=1S/C36H21NOS2/c1-6-17-31-25(11-1)26-19-20-33-35(36(26)40-31)34-24(12-8-18-32(34)39-33)22-9-7-10-23(21-22)37-27-13-2-4-15-29(27)38-30-16-5-3-14-28(30)37/h1-21H. The molecule has 6 aromatic carbocycles. The number of para-hydroxylation sites is 4. The Morgan fingerprint density at radius 2 is 1.20 bits per heavy atom. The van der Waals surface area contributed by atoms with Gasteiger partial charge in [-0.3, -0.25) is 0 Å². The van der Waals surface area contributed by atoms with Gasteiger partial charge in [-0.05, 0) is 65.7 Å². The maximum Gasteiger partial charge on any atom is 0.151 e. The molecule has 188 valence electrons. The smallest absolute Gasteiger partial charge is 0.151 e. The molecule has 0 N–H and O–H groups in total. The number of anilines is 3. The van der Waals surface area contributed by atoms with Crippen molar-refractivity contribution < 1.29 is 4.74 Å². The summed E-state index contributed by atoms with van der Waals surface area (Å²) in [7, 11) is 0. The van der Waals surface area contributed by atoms with E-state index in [-0.39, 0.29) is 0 Å². The van der Waals surface area contributed by atoms with Crippen LogP contribution in [0.25, 0.3) is 51.5 Å². The molecule has 0 atom stereocenters. The molecule has 0 fully saturated rings. The first-order chi connectivity index (χ1) is 19.8. The van der Waals surface area contributed by atoms with Gasteiger partial charge < -0.3 is 9.64 Å². The third kappa shape index (κ3) is 3.15. The van der Waals surface area contributed by atoms with Crippen molar-refractivity contribution in [2.24, 2.45) is 0 Å². The highest BCUT2D eigenvalue weighted by Gasteiger charge is 2.25. The lowest BCUT2D eigenvalue weighted by Gasteiger charge is -2.33. The molecule has 1 aliphatic heterocycles. The molecule has 9 rings (SSSR count). The van der Waals surface area contributed by atoms with E-state index in [9.17, 15) is 0 Å². The summed E-state index contributed by atoms with van der Waals surface area (Å²) in [5.41, 5.74) is 5.69. The van der Waals surface area contributed by atoms with Crippen molar-refractivity contribution in [2.75, 3.05) is 4.90 Å². The maximum atomic E-state index is 6.27. The van der Waals surface area contributed by atoms with E-state index in [1.165, 1.54) is 51.5 Å². The SMILES string of the molecule is c1cc(-c2cccc3sc4ccc5c6ccccc6sc5c4c23)cc(N2c3ccccc3Oc3ccccc32)c1. The summed E-state index contributed by atoms with van der Waals surface area (Å²) >= 11 is 3.80. The molecule has 0 spiro atoms. The predicted molar refractivity (Wildman–Crippen MR) is 172 cm³/mol. The summed E-state index contributed by atoms with van der Waals surface area (Å²) < 4.78 is 11.7. The van der Waals surface area contributed by atoms with Crippen molar-refractivity contribution in [3.8, 4) is 22.6 Å². The number of thiophene rings is 2. The Bertz CT molecular complexity index is 2230. The molecule has 0 aliphatic carbocycles. The first-order valence-corrected chi connectivity index (χ1v) is 15.0. The van der Waals surface area contributed by atoms with Crippen LogP contribution in [0.1, 0.15) is 0 Å². The zero-order valence-electron chi connectivity index (χ0n) is 21.3. The van der Waals surface area contributed by atoms with Gasteiger partial charge in [0, 0.05) is 46.0 Å². The summed E-state index contributed by atoms with van der Waals surface area (Å²) in [4.78, 5) is 2.31. The van der Waals surface area contributed by atoms with E-state index in [4.69, 9.17) is 4.74 Å². The molecule has 3 heterocycles. The molecule has 4 heteroatoms. The third-order valence-electron chi connectivity index (χ3n) is 7.85. The van der Waals surface area contributed by atoms with Crippen LogP contribution in [0.2, 0.25) is 0 Å². The Hall–Kier alpha value is -4.64. The van der Waals surface area contributed by atoms with Crippen molar-refractivity contribution in [2.45, 2.75) is 0 Å². The molecule has 0 amide bonds. The quantitative estimate of drug-likeness (QED) is 0.213. The van der Waals surface area contributed by atoms with Crippen LogP contribution in [0.15, 0.2) is 127 Å². The molecule has 0 unspecified atom stereocenters. The van der Waals surface area contributed by atoms with Crippen LogP contribution in [0.5, 0.6) is 11.5 Å². The largest absolute Gasteiger partial charge is 0.453 e. The van der Waals surface area contributed by atoms with Gasteiger partial charge in [-0.15, -0.1) is 22.7 Å². The van der Waals surface area contributed by atoms with Crippen molar-refractivity contribution in [1.82, 2.24) is 0 Å². The van der Waals surface area contributed by atoms with Gasteiger partial charge in [0.25, 0.3) is 0 Å². The highest BCUT2D eigenvalue weighted by atomic mass is 32.1. The molecule has 0 saturated heterocycles. The second-order valence-electron chi connectivity index (χ2n) is 10.1. The lowest BCUT2D eigenvalue weighted by atomic mass is 9.98. The first-order valence-electron chi connectivity index (χ1n) is 13.4. The second-order valence-corrected chi connectivity index (χ2v) is 12.3. The third-order valence-corrected chi connectivity index (χ3v) is 10.2. The monoisotopic (exact) mass is 547 g/mol. The van der Waals surface area contributed by atoms with Crippen LogP contribution in [0.3, 0.4) is 0 Å². The van der Waals surface area contributed by atoms with Crippen LogP contribution in [-0.2, 0) is 0 Å². The fraction of sp³-hybridized carbons (Fsp3) is 0. The van der Waals surface area contributed by atoms with Gasteiger partial charge in [-0.1, -0.05) is 72.8 Å². The Balaban J connectivity index is 1.30. The number of rotatable bonds is 2. The minimum absolute atomic E-state index is 0.865. The Labute approximate surface area is 238 Å². The number of ether oxygens (including phenoxy) is 1. The van der Waals surface area contributed by atoms with Gasteiger partial charge in [-0.25, -0.2) is 0 Å². The fourth-order valence-corrected chi connectivity index (χ4v) is 8.58.